The second kappa shape index (κ2) is 5.51. The average molecular weight is 325 g/mol. The van der Waals surface area contributed by atoms with Crippen molar-refractivity contribution >= 4 is 45.7 Å². The van der Waals surface area contributed by atoms with Crippen molar-refractivity contribution < 1.29 is 13.0 Å². The van der Waals surface area contributed by atoms with E-state index in [2.05, 4.69) is 10.3 Å². The predicted molar refractivity (Wildman–Crippen MR) is 72.4 cm³/mol. The summed E-state index contributed by atoms with van der Waals surface area (Å²) in [6.07, 6.45) is 0.660. The summed E-state index contributed by atoms with van der Waals surface area (Å²) in [5.74, 6) is 0. The predicted octanol–water partition coefficient (Wildman–Crippen LogP) is 1.54. The van der Waals surface area contributed by atoms with Crippen LogP contribution in [0.3, 0.4) is 0 Å². The zero-order chi connectivity index (χ0) is 14.0. The van der Waals surface area contributed by atoms with Gasteiger partial charge in [0.05, 0.1) is 5.69 Å². The molecule has 104 valence electrons. The number of para-hydroxylation sites is 1. The van der Waals surface area contributed by atoms with Gasteiger partial charge in [-0.3, -0.25) is 8.97 Å². The van der Waals surface area contributed by atoms with Gasteiger partial charge in [0, 0.05) is 11.8 Å². The highest BCUT2D eigenvalue weighted by atomic mass is 35.5. The van der Waals surface area contributed by atoms with Crippen LogP contribution in [0.2, 0.25) is 0 Å². The van der Waals surface area contributed by atoms with Gasteiger partial charge in [0.1, 0.15) is 17.9 Å². The highest BCUT2D eigenvalue weighted by Gasteiger charge is 2.23. The van der Waals surface area contributed by atoms with Gasteiger partial charge in [0.25, 0.3) is 10.1 Å². The monoisotopic (exact) mass is 324 g/mol. The summed E-state index contributed by atoms with van der Waals surface area (Å²) >= 11 is 11.6. The van der Waals surface area contributed by atoms with Gasteiger partial charge in [0.15, 0.2) is 6.29 Å². The number of hydrogen-bond acceptors (Lipinski definition) is 6. The average Bonchev–Trinajstić information content (AvgIpc) is 2.32. The first-order valence-corrected chi connectivity index (χ1v) is 7.21. The maximum absolute atomic E-state index is 11.2. The molecule has 0 saturated heterocycles. The smallest absolute Gasteiger partial charge is 0.296 e. The molecule has 0 bridgehead atoms. The van der Waals surface area contributed by atoms with Crippen molar-refractivity contribution in [2.24, 2.45) is 4.99 Å². The summed E-state index contributed by atoms with van der Waals surface area (Å²) < 4.78 is 34.1. The molecule has 0 fully saturated rings. The van der Waals surface area contributed by atoms with Crippen LogP contribution < -0.4 is 5.32 Å². The van der Waals surface area contributed by atoms with Gasteiger partial charge in [-0.05, 0) is 23.9 Å². The fraction of sp³-hybridized carbons (Fsp3) is 0.222. The molecule has 1 aliphatic rings. The molecule has 1 atom stereocenters. The normalized spacial score (nSPS) is 20.6. The van der Waals surface area contributed by atoms with Gasteiger partial charge in [0.2, 0.25) is 0 Å². The standard InChI is InChI=1S/C9H10Cl2N4O3S/c10-14-5-12-9(15(11)6-14)13-7-3-1-2-4-8(7)19(16,17)18/h1-5,9,13H,6H2,(H,16,17,18). The highest BCUT2D eigenvalue weighted by molar-refractivity contribution is 7.86. The van der Waals surface area contributed by atoms with E-state index >= 15 is 0 Å². The van der Waals surface area contributed by atoms with Crippen molar-refractivity contribution in [3.63, 3.8) is 0 Å². The van der Waals surface area contributed by atoms with E-state index in [1.807, 2.05) is 0 Å². The van der Waals surface area contributed by atoms with Gasteiger partial charge < -0.3 is 5.32 Å². The Morgan fingerprint density at radius 1 is 1.37 bits per heavy atom. The van der Waals surface area contributed by atoms with Crippen LogP contribution in [0.25, 0.3) is 0 Å². The van der Waals surface area contributed by atoms with Crippen LogP contribution in [-0.4, -0.2) is 41.1 Å². The van der Waals surface area contributed by atoms with E-state index in [0.717, 1.165) is 0 Å². The van der Waals surface area contributed by atoms with Gasteiger partial charge in [-0.2, -0.15) is 12.8 Å². The lowest BCUT2D eigenvalue weighted by molar-refractivity contribution is 0.303. The van der Waals surface area contributed by atoms with Gasteiger partial charge in [-0.1, -0.05) is 12.1 Å². The molecular weight excluding hydrogens is 315 g/mol. The Morgan fingerprint density at radius 2 is 2.05 bits per heavy atom. The fourth-order valence-corrected chi connectivity index (χ4v) is 2.60. The third-order valence-electron chi connectivity index (χ3n) is 2.32. The van der Waals surface area contributed by atoms with E-state index in [9.17, 15) is 8.42 Å². The number of aliphatic imine (C=N–C) groups is 1. The molecule has 7 nitrogen and oxygen atoms in total. The Labute approximate surface area is 120 Å². The van der Waals surface area contributed by atoms with Gasteiger partial charge >= 0.3 is 0 Å². The van der Waals surface area contributed by atoms with Crippen molar-refractivity contribution in [1.82, 2.24) is 8.84 Å². The van der Waals surface area contributed by atoms with Crippen molar-refractivity contribution in [3.05, 3.63) is 24.3 Å². The molecular formula is C9H10Cl2N4O3S. The van der Waals surface area contributed by atoms with Crippen LogP contribution in [0.5, 0.6) is 0 Å². The fourth-order valence-electron chi connectivity index (χ4n) is 1.51. The lowest BCUT2D eigenvalue weighted by Gasteiger charge is -2.30. The summed E-state index contributed by atoms with van der Waals surface area (Å²) in [7, 11) is -4.32. The molecule has 1 aliphatic heterocycles. The SMILES string of the molecule is O=S(=O)(O)c1ccccc1NC1N=CN(Cl)CN1Cl. The highest BCUT2D eigenvalue weighted by Crippen LogP contribution is 2.23. The van der Waals surface area contributed by atoms with E-state index in [1.54, 1.807) is 6.07 Å². The molecule has 1 aromatic carbocycles. The maximum atomic E-state index is 11.2. The quantitative estimate of drug-likeness (QED) is 0.648. The molecule has 19 heavy (non-hydrogen) atoms. The Bertz CT molecular complexity index is 595. The number of halogens is 2. The summed E-state index contributed by atoms with van der Waals surface area (Å²) in [6, 6.07) is 5.89. The molecule has 0 amide bonds. The third-order valence-corrected chi connectivity index (χ3v) is 3.72. The number of rotatable bonds is 3. The zero-order valence-corrected chi connectivity index (χ0v) is 11.8. The molecule has 0 radical (unpaired) electrons. The topological polar surface area (TPSA) is 85.2 Å². The number of nitrogens with zero attached hydrogens (tertiary/aromatic N) is 3. The maximum Gasteiger partial charge on any atom is 0.296 e. The Morgan fingerprint density at radius 3 is 2.68 bits per heavy atom. The molecule has 0 spiro atoms. The second-order valence-corrected chi connectivity index (χ2v) is 5.95. The van der Waals surface area contributed by atoms with E-state index in [0.29, 0.717) is 0 Å². The van der Waals surface area contributed by atoms with Crippen molar-refractivity contribution in [2.45, 2.75) is 11.2 Å². The largest absolute Gasteiger partial charge is 0.349 e. The summed E-state index contributed by atoms with van der Waals surface area (Å²) in [4.78, 5) is 3.74. The molecule has 1 unspecified atom stereocenters. The minimum atomic E-state index is -4.32. The zero-order valence-electron chi connectivity index (χ0n) is 9.44. The minimum Gasteiger partial charge on any atom is -0.349 e. The third kappa shape index (κ3) is 3.48. The van der Waals surface area contributed by atoms with Crippen LogP contribution in [-0.2, 0) is 10.1 Å². The second-order valence-electron chi connectivity index (χ2n) is 3.69. The van der Waals surface area contributed by atoms with E-state index < -0.39 is 16.4 Å². The van der Waals surface area contributed by atoms with Crippen molar-refractivity contribution in [2.75, 3.05) is 12.0 Å². The first kappa shape index (κ1) is 14.4. The van der Waals surface area contributed by atoms with Crippen LogP contribution in [0.4, 0.5) is 5.69 Å². The van der Waals surface area contributed by atoms with Crippen LogP contribution in [0.1, 0.15) is 0 Å². The number of anilines is 1. The number of benzene rings is 1. The lowest BCUT2D eigenvalue weighted by Crippen LogP contribution is -2.42. The summed E-state index contributed by atoms with van der Waals surface area (Å²) in [5.41, 5.74) is 0.195. The van der Waals surface area contributed by atoms with Crippen molar-refractivity contribution in [3.8, 4) is 0 Å². The molecule has 1 aromatic rings. The van der Waals surface area contributed by atoms with Gasteiger partial charge in [-0.25, -0.2) is 4.99 Å². The number of nitrogens with one attached hydrogen (secondary N) is 1. The van der Waals surface area contributed by atoms with Crippen LogP contribution in [0, 0.1) is 0 Å². The van der Waals surface area contributed by atoms with Crippen LogP contribution in [0.15, 0.2) is 34.2 Å². The first-order chi connectivity index (χ1) is 8.88. The molecule has 0 saturated carbocycles. The van der Waals surface area contributed by atoms with E-state index in [1.165, 1.54) is 33.4 Å². The first-order valence-electron chi connectivity index (χ1n) is 5.09. The van der Waals surface area contributed by atoms with Gasteiger partial charge in [-0.15, -0.1) is 0 Å². The Kier molecular flexibility index (Phi) is 4.16. The van der Waals surface area contributed by atoms with E-state index in [-0.39, 0.29) is 17.3 Å². The molecule has 2 rings (SSSR count). The lowest BCUT2D eigenvalue weighted by atomic mass is 10.3. The minimum absolute atomic E-state index is 0.193. The van der Waals surface area contributed by atoms with Crippen LogP contribution >= 0.6 is 23.6 Å². The van der Waals surface area contributed by atoms with E-state index in [4.69, 9.17) is 28.1 Å². The molecule has 0 aromatic heterocycles. The molecule has 1 heterocycles. The Hall–Kier alpha value is -1.06. The summed E-state index contributed by atoms with van der Waals surface area (Å²) in [5, 5.41) is 2.80. The molecule has 0 aliphatic carbocycles. The molecule has 10 heteroatoms. The molecule has 2 N–H and O–H groups in total. The van der Waals surface area contributed by atoms with Crippen molar-refractivity contribution in [1.29, 1.82) is 0 Å². The summed E-state index contributed by atoms with van der Waals surface area (Å²) in [6.45, 7) is 0.193. The Balaban J connectivity index is 2.27. The number of hydrogen-bond donors (Lipinski definition) is 2.